The van der Waals surface area contributed by atoms with Gasteiger partial charge in [-0.15, -0.1) is 16.8 Å². The third-order valence-electron chi connectivity index (χ3n) is 4.50. The highest BCUT2D eigenvalue weighted by Crippen LogP contribution is 2.36. The molecule has 1 aliphatic rings. The molecule has 1 saturated heterocycles. The maximum absolute atomic E-state index is 13.2. The van der Waals surface area contributed by atoms with Crippen LogP contribution in [0.3, 0.4) is 0 Å². The van der Waals surface area contributed by atoms with Crippen molar-refractivity contribution in [3.05, 3.63) is 42.2 Å². The lowest BCUT2D eigenvalue weighted by Crippen LogP contribution is -2.37. The van der Waals surface area contributed by atoms with Crippen molar-refractivity contribution < 1.29 is 22.7 Å². The van der Waals surface area contributed by atoms with E-state index >= 15 is 0 Å². The minimum absolute atomic E-state index is 0.0198. The molecule has 0 saturated carbocycles. The van der Waals surface area contributed by atoms with E-state index in [4.69, 9.17) is 4.74 Å². The van der Waals surface area contributed by atoms with Crippen LogP contribution in [0.2, 0.25) is 0 Å². The number of aromatic nitrogens is 3. The Kier molecular flexibility index (Phi) is 7.03. The Morgan fingerprint density at radius 3 is 2.73 bits per heavy atom. The first-order chi connectivity index (χ1) is 14.3. The number of ether oxygens (including phenoxy) is 1. The van der Waals surface area contributed by atoms with Crippen LogP contribution < -0.4 is 10.2 Å². The molecule has 30 heavy (non-hydrogen) atoms. The van der Waals surface area contributed by atoms with Crippen LogP contribution in [0.4, 0.5) is 24.5 Å². The standard InChI is InChI=1S/C19H22F3N5O2S/c1-3-6-27-13(2)24-25-18(27)30-12-17(28)23-15-11-14(19(20,21)22)4-5-16(15)26-7-9-29-10-8-26/h3-5,11H,1,6-10,12H2,2H3,(H,23,28). The second kappa shape index (κ2) is 9.52. The van der Waals surface area contributed by atoms with Gasteiger partial charge in [0.25, 0.3) is 0 Å². The summed E-state index contributed by atoms with van der Waals surface area (Å²) in [6.45, 7) is 7.99. The number of hydrogen-bond acceptors (Lipinski definition) is 6. The Hall–Kier alpha value is -2.53. The van der Waals surface area contributed by atoms with E-state index < -0.39 is 17.6 Å². The summed E-state index contributed by atoms with van der Waals surface area (Å²) in [6.07, 6.45) is -2.81. The number of carbonyl (C=O) groups excluding carboxylic acids is 1. The van der Waals surface area contributed by atoms with Crippen LogP contribution in [0.15, 0.2) is 36.0 Å². The molecule has 7 nitrogen and oxygen atoms in total. The van der Waals surface area contributed by atoms with E-state index in [0.717, 1.165) is 23.9 Å². The summed E-state index contributed by atoms with van der Waals surface area (Å²) >= 11 is 1.16. The quantitative estimate of drug-likeness (QED) is 0.525. The predicted octanol–water partition coefficient (Wildman–Crippen LogP) is 3.36. The maximum atomic E-state index is 13.2. The number of benzene rings is 1. The molecule has 1 amide bonds. The van der Waals surface area contributed by atoms with Gasteiger partial charge in [0.15, 0.2) is 5.16 Å². The van der Waals surface area contributed by atoms with Gasteiger partial charge in [0, 0.05) is 19.6 Å². The molecule has 3 rings (SSSR count). The smallest absolute Gasteiger partial charge is 0.378 e. The number of aryl methyl sites for hydroxylation is 1. The Morgan fingerprint density at radius 1 is 1.33 bits per heavy atom. The van der Waals surface area contributed by atoms with E-state index in [-0.39, 0.29) is 11.4 Å². The molecule has 162 valence electrons. The second-order valence-corrected chi connectivity index (χ2v) is 7.54. The van der Waals surface area contributed by atoms with Crippen molar-refractivity contribution in [2.24, 2.45) is 0 Å². The molecule has 1 N–H and O–H groups in total. The molecule has 2 aromatic rings. The first-order valence-corrected chi connectivity index (χ1v) is 10.3. The Bertz CT molecular complexity index is 910. The molecule has 1 fully saturated rings. The van der Waals surface area contributed by atoms with Gasteiger partial charge in [0.05, 0.1) is 35.9 Å². The maximum Gasteiger partial charge on any atom is 0.416 e. The van der Waals surface area contributed by atoms with Crippen LogP contribution in [0.1, 0.15) is 11.4 Å². The summed E-state index contributed by atoms with van der Waals surface area (Å²) in [4.78, 5) is 14.4. The van der Waals surface area contributed by atoms with Crippen molar-refractivity contribution in [2.45, 2.75) is 24.8 Å². The summed E-state index contributed by atoms with van der Waals surface area (Å²) in [5.41, 5.74) is -0.153. The van der Waals surface area contributed by atoms with E-state index in [1.807, 2.05) is 4.90 Å². The molecule has 2 heterocycles. The average Bonchev–Trinajstić information content (AvgIpc) is 3.06. The summed E-state index contributed by atoms with van der Waals surface area (Å²) in [5.74, 6) is 0.235. The zero-order valence-electron chi connectivity index (χ0n) is 16.4. The van der Waals surface area contributed by atoms with Crippen molar-refractivity contribution in [3.8, 4) is 0 Å². The summed E-state index contributed by atoms with van der Waals surface area (Å²) in [5, 5.41) is 11.2. The third kappa shape index (κ3) is 5.33. The van der Waals surface area contributed by atoms with Crippen molar-refractivity contribution >= 4 is 29.0 Å². The lowest BCUT2D eigenvalue weighted by atomic mass is 10.1. The van der Waals surface area contributed by atoms with E-state index in [9.17, 15) is 18.0 Å². The topological polar surface area (TPSA) is 72.3 Å². The highest BCUT2D eigenvalue weighted by atomic mass is 32.2. The van der Waals surface area contributed by atoms with Gasteiger partial charge < -0.3 is 19.5 Å². The predicted molar refractivity (Wildman–Crippen MR) is 109 cm³/mol. The van der Waals surface area contributed by atoms with E-state index in [1.165, 1.54) is 6.07 Å². The van der Waals surface area contributed by atoms with E-state index in [0.29, 0.717) is 49.5 Å². The van der Waals surface area contributed by atoms with Crippen LogP contribution in [-0.4, -0.2) is 52.7 Å². The average molecular weight is 441 g/mol. The first kappa shape index (κ1) is 22.2. The van der Waals surface area contributed by atoms with Gasteiger partial charge >= 0.3 is 6.18 Å². The van der Waals surface area contributed by atoms with Crippen LogP contribution >= 0.6 is 11.8 Å². The van der Waals surface area contributed by atoms with Gasteiger partial charge in [0.2, 0.25) is 5.91 Å². The minimum atomic E-state index is -4.50. The van der Waals surface area contributed by atoms with Crippen molar-refractivity contribution in [2.75, 3.05) is 42.3 Å². The van der Waals surface area contributed by atoms with E-state index in [2.05, 4.69) is 22.1 Å². The Morgan fingerprint density at radius 2 is 2.07 bits per heavy atom. The van der Waals surface area contributed by atoms with Gasteiger partial charge in [-0.3, -0.25) is 4.79 Å². The number of amides is 1. The second-order valence-electron chi connectivity index (χ2n) is 6.60. The molecule has 0 radical (unpaired) electrons. The number of nitrogens with zero attached hydrogens (tertiary/aromatic N) is 4. The fourth-order valence-electron chi connectivity index (χ4n) is 3.02. The number of carbonyl (C=O) groups is 1. The number of anilines is 2. The van der Waals surface area contributed by atoms with E-state index in [1.54, 1.807) is 17.6 Å². The summed E-state index contributed by atoms with van der Waals surface area (Å²) in [7, 11) is 0. The molecule has 1 aliphatic heterocycles. The van der Waals surface area contributed by atoms with Crippen molar-refractivity contribution in [1.29, 1.82) is 0 Å². The van der Waals surface area contributed by atoms with Crippen LogP contribution in [0.25, 0.3) is 0 Å². The number of thioether (sulfide) groups is 1. The Balaban J connectivity index is 1.76. The molecule has 0 bridgehead atoms. The van der Waals surface area contributed by atoms with Gasteiger partial charge in [-0.25, -0.2) is 0 Å². The van der Waals surface area contributed by atoms with Gasteiger partial charge in [-0.1, -0.05) is 17.8 Å². The number of nitrogens with one attached hydrogen (secondary N) is 1. The molecule has 0 unspecified atom stereocenters. The van der Waals surface area contributed by atoms with Gasteiger partial charge in [-0.05, 0) is 25.1 Å². The molecule has 0 aliphatic carbocycles. The highest BCUT2D eigenvalue weighted by Gasteiger charge is 2.32. The summed E-state index contributed by atoms with van der Waals surface area (Å²) in [6, 6.07) is 3.38. The van der Waals surface area contributed by atoms with Gasteiger partial charge in [-0.2, -0.15) is 13.2 Å². The largest absolute Gasteiger partial charge is 0.416 e. The molecule has 11 heteroatoms. The number of hydrogen-bond donors (Lipinski definition) is 1. The number of rotatable bonds is 7. The monoisotopic (exact) mass is 441 g/mol. The fraction of sp³-hybridized carbons (Fsp3) is 0.421. The van der Waals surface area contributed by atoms with Crippen LogP contribution in [0.5, 0.6) is 0 Å². The van der Waals surface area contributed by atoms with Gasteiger partial charge in [0.1, 0.15) is 5.82 Å². The summed E-state index contributed by atoms with van der Waals surface area (Å²) < 4.78 is 46.7. The lowest BCUT2D eigenvalue weighted by molar-refractivity contribution is -0.137. The molecule has 1 aromatic carbocycles. The van der Waals surface area contributed by atoms with Crippen LogP contribution in [-0.2, 0) is 22.3 Å². The molecular weight excluding hydrogens is 419 g/mol. The number of halogens is 3. The van der Waals surface area contributed by atoms with Crippen molar-refractivity contribution in [1.82, 2.24) is 14.8 Å². The van der Waals surface area contributed by atoms with Crippen LogP contribution in [0, 0.1) is 6.92 Å². The third-order valence-corrected chi connectivity index (χ3v) is 5.46. The first-order valence-electron chi connectivity index (χ1n) is 9.27. The number of allylic oxidation sites excluding steroid dienone is 1. The number of alkyl halides is 3. The molecule has 0 atom stereocenters. The SMILES string of the molecule is C=CCn1c(C)nnc1SCC(=O)Nc1cc(C(F)(F)F)ccc1N1CCOCC1. The minimum Gasteiger partial charge on any atom is -0.378 e. The molecule has 0 spiro atoms. The molecular formula is C19H22F3N5O2S. The zero-order valence-corrected chi connectivity index (χ0v) is 17.2. The highest BCUT2D eigenvalue weighted by molar-refractivity contribution is 7.99. The lowest BCUT2D eigenvalue weighted by Gasteiger charge is -2.31. The zero-order chi connectivity index (χ0) is 21.7. The Labute approximate surface area is 176 Å². The molecule has 1 aromatic heterocycles. The normalized spacial score (nSPS) is 14.6. The number of morpholine rings is 1. The fourth-order valence-corrected chi connectivity index (χ4v) is 3.81. The van der Waals surface area contributed by atoms with Crippen molar-refractivity contribution in [3.63, 3.8) is 0 Å².